The highest BCUT2D eigenvalue weighted by atomic mass is 19.1. The van der Waals surface area contributed by atoms with E-state index < -0.39 is 5.41 Å². The third-order valence-corrected chi connectivity index (χ3v) is 6.60. The van der Waals surface area contributed by atoms with Crippen LogP contribution in [0.25, 0.3) is 0 Å². The molecule has 1 amide bonds. The molecule has 6 heteroatoms. The van der Waals surface area contributed by atoms with Crippen molar-refractivity contribution in [2.75, 3.05) is 39.4 Å². The Morgan fingerprint density at radius 3 is 2.71 bits per heavy atom. The van der Waals surface area contributed by atoms with Gasteiger partial charge in [-0.25, -0.2) is 4.39 Å². The zero-order valence-corrected chi connectivity index (χ0v) is 17.2. The van der Waals surface area contributed by atoms with Gasteiger partial charge < -0.3 is 15.4 Å². The highest BCUT2D eigenvalue weighted by molar-refractivity contribution is 5.83. The van der Waals surface area contributed by atoms with Gasteiger partial charge in [-0.05, 0) is 43.4 Å². The fourth-order valence-electron chi connectivity index (χ4n) is 4.72. The molecule has 0 aliphatic carbocycles. The summed E-state index contributed by atoms with van der Waals surface area (Å²) >= 11 is 0. The molecule has 2 atom stereocenters. The topological polar surface area (TPSA) is 53.6 Å². The van der Waals surface area contributed by atoms with Crippen molar-refractivity contribution in [3.05, 3.63) is 35.6 Å². The van der Waals surface area contributed by atoms with Gasteiger partial charge in [0.2, 0.25) is 5.91 Å². The van der Waals surface area contributed by atoms with Crippen LogP contribution in [0.4, 0.5) is 4.39 Å². The minimum Gasteiger partial charge on any atom is -0.379 e. The van der Waals surface area contributed by atoms with E-state index in [1.807, 2.05) is 6.07 Å². The van der Waals surface area contributed by atoms with E-state index in [1.165, 1.54) is 6.07 Å². The van der Waals surface area contributed by atoms with Gasteiger partial charge in [-0.3, -0.25) is 9.69 Å². The summed E-state index contributed by atoms with van der Waals surface area (Å²) in [5, 5.41) is 6.84. The maximum Gasteiger partial charge on any atom is 0.227 e. The average molecular weight is 392 g/mol. The first kappa shape index (κ1) is 21.2. The van der Waals surface area contributed by atoms with Crippen LogP contribution in [0, 0.1) is 11.2 Å². The van der Waals surface area contributed by atoms with Gasteiger partial charge in [0.1, 0.15) is 5.82 Å². The molecule has 0 spiro atoms. The van der Waals surface area contributed by atoms with E-state index in [1.54, 1.807) is 12.1 Å². The molecule has 3 rings (SSSR count). The molecule has 2 heterocycles. The molecule has 0 radical (unpaired) electrons. The van der Waals surface area contributed by atoms with Gasteiger partial charge in [0.25, 0.3) is 0 Å². The van der Waals surface area contributed by atoms with Crippen molar-refractivity contribution in [1.29, 1.82) is 0 Å². The number of ether oxygens (including phenoxy) is 1. The van der Waals surface area contributed by atoms with Gasteiger partial charge >= 0.3 is 0 Å². The quantitative estimate of drug-likeness (QED) is 0.716. The molecule has 28 heavy (non-hydrogen) atoms. The number of carbonyl (C=O) groups excluding carboxylic acids is 1. The minimum absolute atomic E-state index is 0.110. The Morgan fingerprint density at radius 2 is 2.04 bits per heavy atom. The highest BCUT2D eigenvalue weighted by Crippen LogP contribution is 2.40. The van der Waals surface area contributed by atoms with E-state index in [2.05, 4.69) is 29.4 Å². The molecular formula is C22H34FN3O2. The highest BCUT2D eigenvalue weighted by Gasteiger charge is 2.45. The minimum atomic E-state index is -0.424. The number of halogens is 1. The molecule has 2 N–H and O–H groups in total. The van der Waals surface area contributed by atoms with Crippen LogP contribution in [0.5, 0.6) is 0 Å². The Morgan fingerprint density at radius 1 is 1.29 bits per heavy atom. The number of morpholine rings is 1. The van der Waals surface area contributed by atoms with Crippen LogP contribution in [0.15, 0.2) is 24.3 Å². The van der Waals surface area contributed by atoms with Crippen LogP contribution < -0.4 is 10.6 Å². The smallest absolute Gasteiger partial charge is 0.227 e. The third-order valence-electron chi connectivity index (χ3n) is 6.60. The maximum atomic E-state index is 13.6. The Bertz CT molecular complexity index is 644. The molecular weight excluding hydrogens is 357 g/mol. The van der Waals surface area contributed by atoms with Gasteiger partial charge in [0, 0.05) is 38.3 Å². The molecule has 2 saturated heterocycles. The Hall–Kier alpha value is -1.50. The SMILES string of the molecule is CCC(CC)(C(=O)NCCN1CCOCC1)[C@H]1CC[C@@H](c2cccc(F)c2)N1. The van der Waals surface area contributed by atoms with Crippen molar-refractivity contribution < 1.29 is 13.9 Å². The predicted octanol–water partition coefficient (Wildman–Crippen LogP) is 2.87. The number of amides is 1. The summed E-state index contributed by atoms with van der Waals surface area (Å²) in [5.41, 5.74) is 0.545. The Labute approximate surface area is 168 Å². The van der Waals surface area contributed by atoms with E-state index in [9.17, 15) is 9.18 Å². The average Bonchev–Trinajstić information content (AvgIpc) is 3.21. The Balaban J connectivity index is 1.59. The molecule has 0 bridgehead atoms. The molecule has 156 valence electrons. The summed E-state index contributed by atoms with van der Waals surface area (Å²) in [5.74, 6) is -0.0657. The normalized spacial score (nSPS) is 23.7. The van der Waals surface area contributed by atoms with Crippen LogP contribution in [0.2, 0.25) is 0 Å². The summed E-state index contributed by atoms with van der Waals surface area (Å²) in [6.45, 7) is 9.14. The molecule has 0 unspecified atom stereocenters. The first-order valence-electron chi connectivity index (χ1n) is 10.7. The third kappa shape index (κ3) is 4.73. The lowest BCUT2D eigenvalue weighted by Gasteiger charge is -2.37. The van der Waals surface area contributed by atoms with Crippen LogP contribution in [0.1, 0.15) is 51.1 Å². The van der Waals surface area contributed by atoms with Crippen molar-refractivity contribution in [3.8, 4) is 0 Å². The number of hydrogen-bond acceptors (Lipinski definition) is 4. The van der Waals surface area contributed by atoms with Crippen LogP contribution >= 0.6 is 0 Å². The number of hydrogen-bond donors (Lipinski definition) is 2. The molecule has 2 aliphatic heterocycles. The number of nitrogens with zero attached hydrogens (tertiary/aromatic N) is 1. The lowest BCUT2D eigenvalue weighted by atomic mass is 9.74. The molecule has 0 saturated carbocycles. The molecule has 5 nitrogen and oxygen atoms in total. The summed E-state index contributed by atoms with van der Waals surface area (Å²) in [6.07, 6.45) is 3.44. The molecule has 2 aliphatic rings. The number of carbonyl (C=O) groups is 1. The number of rotatable bonds is 8. The molecule has 1 aromatic rings. The maximum absolute atomic E-state index is 13.6. The standard InChI is InChI=1S/C22H34FN3O2/c1-3-22(4-2,21(27)24-10-11-26-12-14-28-15-13-26)20-9-8-19(25-20)17-6-5-7-18(23)16-17/h5-7,16,19-20,25H,3-4,8-15H2,1-2H3,(H,24,27)/t19-,20+/m0/s1. The van der Waals surface area contributed by atoms with Gasteiger partial charge in [-0.2, -0.15) is 0 Å². The van der Waals surface area contributed by atoms with Gasteiger partial charge in [0.05, 0.1) is 18.6 Å². The zero-order chi connectivity index (χ0) is 20.0. The Kier molecular flexibility index (Phi) is 7.43. The lowest BCUT2D eigenvalue weighted by Crippen LogP contribution is -2.53. The lowest BCUT2D eigenvalue weighted by molar-refractivity contribution is -0.133. The first-order chi connectivity index (χ1) is 13.6. The van der Waals surface area contributed by atoms with Gasteiger partial charge in [0.15, 0.2) is 0 Å². The van der Waals surface area contributed by atoms with E-state index in [-0.39, 0.29) is 23.8 Å². The fourth-order valence-corrected chi connectivity index (χ4v) is 4.72. The summed E-state index contributed by atoms with van der Waals surface area (Å²) in [4.78, 5) is 15.5. The van der Waals surface area contributed by atoms with Crippen LogP contribution in [-0.4, -0.2) is 56.2 Å². The number of benzene rings is 1. The fraction of sp³-hybridized carbons (Fsp3) is 0.682. The van der Waals surface area contributed by atoms with Crippen molar-refractivity contribution in [2.45, 2.75) is 51.6 Å². The molecule has 2 fully saturated rings. The van der Waals surface area contributed by atoms with Crippen molar-refractivity contribution in [1.82, 2.24) is 15.5 Å². The second-order valence-electron chi connectivity index (χ2n) is 7.98. The van der Waals surface area contributed by atoms with E-state index in [0.29, 0.717) is 6.54 Å². The summed E-state index contributed by atoms with van der Waals surface area (Å²) < 4.78 is 19.0. The second kappa shape index (κ2) is 9.81. The van der Waals surface area contributed by atoms with Crippen LogP contribution in [-0.2, 0) is 9.53 Å². The van der Waals surface area contributed by atoms with Crippen molar-refractivity contribution in [3.63, 3.8) is 0 Å². The monoisotopic (exact) mass is 391 g/mol. The first-order valence-corrected chi connectivity index (χ1v) is 10.7. The largest absolute Gasteiger partial charge is 0.379 e. The van der Waals surface area contributed by atoms with E-state index in [0.717, 1.165) is 64.1 Å². The second-order valence-corrected chi connectivity index (χ2v) is 7.98. The summed E-state index contributed by atoms with van der Waals surface area (Å²) in [6, 6.07) is 7.01. The zero-order valence-electron chi connectivity index (χ0n) is 17.2. The van der Waals surface area contributed by atoms with Gasteiger partial charge in [-0.1, -0.05) is 26.0 Å². The van der Waals surface area contributed by atoms with Crippen molar-refractivity contribution in [2.24, 2.45) is 5.41 Å². The van der Waals surface area contributed by atoms with Crippen molar-refractivity contribution >= 4 is 5.91 Å². The molecule has 0 aromatic heterocycles. The van der Waals surface area contributed by atoms with Gasteiger partial charge in [-0.15, -0.1) is 0 Å². The molecule has 1 aromatic carbocycles. The number of nitrogens with one attached hydrogen (secondary N) is 2. The van der Waals surface area contributed by atoms with Crippen LogP contribution in [0.3, 0.4) is 0 Å². The predicted molar refractivity (Wildman–Crippen MR) is 109 cm³/mol. The summed E-state index contributed by atoms with van der Waals surface area (Å²) in [7, 11) is 0. The van der Waals surface area contributed by atoms with E-state index in [4.69, 9.17) is 4.74 Å². The van der Waals surface area contributed by atoms with E-state index >= 15 is 0 Å².